The zero-order valence-corrected chi connectivity index (χ0v) is 21.2. The molecular weight excluding hydrogens is 478 g/mol. The van der Waals surface area contributed by atoms with Crippen LogP contribution in [0, 0.1) is 0 Å². The van der Waals surface area contributed by atoms with Gasteiger partial charge < -0.3 is 19.7 Å². The van der Waals surface area contributed by atoms with Crippen LogP contribution in [-0.2, 0) is 14.8 Å². The van der Waals surface area contributed by atoms with Gasteiger partial charge in [-0.15, -0.1) is 0 Å². The number of likely N-dealkylation sites (N-methyl/N-ethyl adjacent to an activating group) is 1. The molecule has 0 bridgehead atoms. The Morgan fingerprint density at radius 1 is 1.00 bits per heavy atom. The van der Waals surface area contributed by atoms with Crippen LogP contribution in [-0.4, -0.2) is 76.5 Å². The van der Waals surface area contributed by atoms with Gasteiger partial charge >= 0.3 is 0 Å². The second kappa shape index (κ2) is 9.21. The number of fused-ring (bicyclic) bond motifs is 1. The molecule has 1 N–H and O–H groups in total. The molecule has 0 spiro atoms. The molecule has 36 heavy (non-hydrogen) atoms. The Morgan fingerprint density at radius 2 is 1.72 bits per heavy atom. The molecule has 3 aliphatic heterocycles. The maximum absolute atomic E-state index is 13.6. The highest BCUT2D eigenvalue weighted by Gasteiger charge is 2.39. The fourth-order valence-electron chi connectivity index (χ4n) is 5.42. The summed E-state index contributed by atoms with van der Waals surface area (Å²) in [6, 6.07) is 13.2. The highest BCUT2D eigenvalue weighted by molar-refractivity contribution is 7.89. The van der Waals surface area contributed by atoms with Gasteiger partial charge in [-0.25, -0.2) is 8.42 Å². The van der Waals surface area contributed by atoms with Crippen molar-refractivity contribution in [2.75, 3.05) is 53.0 Å². The van der Waals surface area contributed by atoms with Gasteiger partial charge in [0.2, 0.25) is 15.9 Å². The first kappa shape index (κ1) is 23.5. The van der Waals surface area contributed by atoms with Crippen molar-refractivity contribution in [3.05, 3.63) is 64.7 Å². The number of benzene rings is 2. The first-order valence-corrected chi connectivity index (χ1v) is 14.0. The average Bonchev–Trinajstić information content (AvgIpc) is 3.55. The molecule has 1 amide bonds. The van der Waals surface area contributed by atoms with Gasteiger partial charge in [-0.1, -0.05) is 24.3 Å². The molecule has 1 atom stereocenters. The summed E-state index contributed by atoms with van der Waals surface area (Å²) in [5, 5.41) is 3.18. The minimum absolute atomic E-state index is 0.0907. The number of ether oxygens (including phenoxy) is 2. The van der Waals surface area contributed by atoms with E-state index in [2.05, 4.69) is 23.5 Å². The van der Waals surface area contributed by atoms with Gasteiger partial charge in [0, 0.05) is 38.8 Å². The molecule has 2 aromatic carbocycles. The van der Waals surface area contributed by atoms with Crippen LogP contribution < -0.4 is 14.8 Å². The molecule has 0 radical (unpaired) electrons. The van der Waals surface area contributed by atoms with E-state index in [1.807, 2.05) is 18.0 Å². The van der Waals surface area contributed by atoms with Crippen molar-refractivity contribution >= 4 is 15.9 Å². The molecule has 190 valence electrons. The first-order valence-electron chi connectivity index (χ1n) is 12.6. The van der Waals surface area contributed by atoms with Gasteiger partial charge in [-0.3, -0.25) is 4.79 Å². The molecule has 0 saturated heterocycles. The van der Waals surface area contributed by atoms with Crippen molar-refractivity contribution in [1.82, 2.24) is 14.5 Å². The van der Waals surface area contributed by atoms with E-state index in [0.29, 0.717) is 63.4 Å². The summed E-state index contributed by atoms with van der Waals surface area (Å²) in [5.74, 6) is 1.49. The first-order chi connectivity index (χ1) is 17.4. The molecule has 8 nitrogen and oxygen atoms in total. The van der Waals surface area contributed by atoms with E-state index in [-0.39, 0.29) is 16.7 Å². The minimum atomic E-state index is -3.68. The van der Waals surface area contributed by atoms with E-state index in [1.165, 1.54) is 22.7 Å². The number of carbonyl (C=O) groups excluding carboxylic acids is 1. The topological polar surface area (TPSA) is 88.2 Å². The monoisotopic (exact) mass is 509 g/mol. The van der Waals surface area contributed by atoms with E-state index in [4.69, 9.17) is 9.47 Å². The van der Waals surface area contributed by atoms with Gasteiger partial charge in [-0.2, -0.15) is 4.31 Å². The van der Waals surface area contributed by atoms with Gasteiger partial charge in [-0.05, 0) is 60.2 Å². The molecule has 2 aromatic rings. The third-order valence-corrected chi connectivity index (χ3v) is 9.32. The molecular formula is C27H31N3O5S. The van der Waals surface area contributed by atoms with Crippen molar-refractivity contribution in [3.8, 4) is 11.5 Å². The van der Waals surface area contributed by atoms with Crippen molar-refractivity contribution < 1.29 is 22.7 Å². The van der Waals surface area contributed by atoms with Crippen molar-refractivity contribution in [3.63, 3.8) is 0 Å². The lowest BCUT2D eigenvalue weighted by Crippen LogP contribution is -2.40. The van der Waals surface area contributed by atoms with Crippen LogP contribution in [0.4, 0.5) is 0 Å². The number of nitrogens with one attached hydrogen (secondary N) is 1. The summed E-state index contributed by atoms with van der Waals surface area (Å²) in [6.07, 6.45) is 2.45. The summed E-state index contributed by atoms with van der Waals surface area (Å²) in [7, 11) is -1.82. The van der Waals surface area contributed by atoms with E-state index >= 15 is 0 Å². The largest absolute Gasteiger partial charge is 0.486 e. The summed E-state index contributed by atoms with van der Waals surface area (Å²) >= 11 is 0. The number of amides is 1. The summed E-state index contributed by atoms with van der Waals surface area (Å²) < 4.78 is 39.3. The Bertz CT molecular complexity index is 1320. The smallest absolute Gasteiger partial charge is 0.243 e. The van der Waals surface area contributed by atoms with Gasteiger partial charge in [0.25, 0.3) is 0 Å². The predicted molar refractivity (Wildman–Crippen MR) is 135 cm³/mol. The fraction of sp³-hybridized carbons (Fsp3) is 0.444. The maximum Gasteiger partial charge on any atom is 0.243 e. The van der Waals surface area contributed by atoms with Gasteiger partial charge in [0.1, 0.15) is 13.2 Å². The summed E-state index contributed by atoms with van der Waals surface area (Å²) in [5.41, 5.74) is 4.43. The number of nitrogens with zero attached hydrogens (tertiary/aromatic N) is 2. The number of hydrogen-bond acceptors (Lipinski definition) is 6. The molecule has 1 aliphatic carbocycles. The Balaban J connectivity index is 1.14. The van der Waals surface area contributed by atoms with Crippen molar-refractivity contribution in [1.29, 1.82) is 0 Å². The van der Waals surface area contributed by atoms with Gasteiger partial charge in [0.05, 0.1) is 10.8 Å². The molecule has 9 heteroatoms. The molecule has 1 saturated carbocycles. The van der Waals surface area contributed by atoms with Crippen LogP contribution in [0.15, 0.2) is 58.5 Å². The zero-order valence-electron chi connectivity index (χ0n) is 20.4. The number of sulfonamides is 1. The third-order valence-electron chi connectivity index (χ3n) is 7.53. The Morgan fingerprint density at radius 3 is 2.42 bits per heavy atom. The number of rotatable bonds is 7. The minimum Gasteiger partial charge on any atom is -0.486 e. The van der Waals surface area contributed by atoms with Crippen LogP contribution in [0.2, 0.25) is 0 Å². The lowest BCUT2D eigenvalue weighted by Gasteiger charge is -2.27. The van der Waals surface area contributed by atoms with E-state index in [1.54, 1.807) is 18.2 Å². The highest BCUT2D eigenvalue weighted by atomic mass is 32.2. The lowest BCUT2D eigenvalue weighted by molar-refractivity contribution is -0.131. The molecule has 4 aliphatic rings. The quantitative estimate of drug-likeness (QED) is 0.577. The highest BCUT2D eigenvalue weighted by Crippen LogP contribution is 2.41. The molecule has 6 rings (SSSR count). The predicted octanol–water partition coefficient (Wildman–Crippen LogP) is 2.48. The fourth-order valence-corrected chi connectivity index (χ4v) is 6.87. The van der Waals surface area contributed by atoms with E-state index in [0.717, 1.165) is 16.7 Å². The second-order valence-corrected chi connectivity index (χ2v) is 12.0. The third kappa shape index (κ3) is 4.29. The number of hydrogen-bond donors (Lipinski definition) is 1. The van der Waals surface area contributed by atoms with Crippen LogP contribution >= 0.6 is 0 Å². The van der Waals surface area contributed by atoms with Crippen LogP contribution in [0.1, 0.15) is 35.8 Å². The van der Waals surface area contributed by atoms with Crippen molar-refractivity contribution in [2.45, 2.75) is 29.6 Å². The van der Waals surface area contributed by atoms with Gasteiger partial charge in [0.15, 0.2) is 11.5 Å². The van der Waals surface area contributed by atoms with Crippen molar-refractivity contribution in [2.24, 2.45) is 0 Å². The normalized spacial score (nSPS) is 20.5. The SMILES string of the molecule is CNCC(C(=O)N1CC2=C(C1)CN(S(=O)(=O)c1ccc3c(c1)OCCO3)C2)c1cccc(C2CC2)c1. The zero-order chi connectivity index (χ0) is 24.9. The van der Waals surface area contributed by atoms with Crippen LogP contribution in [0.25, 0.3) is 0 Å². The maximum atomic E-state index is 13.6. The van der Waals surface area contributed by atoms with Crippen LogP contribution in [0.3, 0.4) is 0 Å². The molecule has 1 unspecified atom stereocenters. The standard InChI is InChI=1S/C27H31N3O5S/c1-28-13-24(20-4-2-3-19(11-20)18-5-6-18)27(31)29-14-21-16-30(17-22(21)15-29)36(32,33)23-7-8-25-26(12-23)35-10-9-34-25/h2-4,7-8,11-12,18,24,28H,5-6,9-10,13-17H2,1H3. The Hall–Kier alpha value is -2.88. The second-order valence-electron chi connectivity index (χ2n) is 10.0. The Labute approximate surface area is 211 Å². The molecule has 0 aromatic heterocycles. The Kier molecular flexibility index (Phi) is 6.02. The number of carbonyl (C=O) groups is 1. The summed E-state index contributed by atoms with van der Waals surface area (Å²) in [4.78, 5) is 15.7. The summed E-state index contributed by atoms with van der Waals surface area (Å²) in [6.45, 7) is 3.00. The molecule has 3 heterocycles. The average molecular weight is 510 g/mol. The van der Waals surface area contributed by atoms with Crippen LogP contribution in [0.5, 0.6) is 11.5 Å². The van der Waals surface area contributed by atoms with E-state index in [9.17, 15) is 13.2 Å². The lowest BCUT2D eigenvalue weighted by atomic mass is 9.94. The van der Waals surface area contributed by atoms with E-state index < -0.39 is 10.0 Å². The molecule has 1 fully saturated rings.